The third kappa shape index (κ3) is 4.24. The van der Waals surface area contributed by atoms with Crippen molar-refractivity contribution in [3.05, 3.63) is 18.3 Å². The third-order valence-corrected chi connectivity index (χ3v) is 2.51. The van der Waals surface area contributed by atoms with Crippen molar-refractivity contribution in [1.82, 2.24) is 4.98 Å². The summed E-state index contributed by atoms with van der Waals surface area (Å²) in [6.45, 7) is 5.84. The van der Waals surface area contributed by atoms with E-state index in [1.807, 2.05) is 12.1 Å². The maximum Gasteiger partial charge on any atom is 0.171 e. The Bertz CT molecular complexity index is 392. The molecule has 0 unspecified atom stereocenters. The monoisotopic (exact) mass is 250 g/mol. The van der Waals surface area contributed by atoms with Crippen LogP contribution in [0.4, 0.5) is 5.82 Å². The predicted molar refractivity (Wildman–Crippen MR) is 74.4 cm³/mol. The Morgan fingerprint density at radius 1 is 1.56 bits per heavy atom. The molecule has 0 saturated carbocycles. The smallest absolute Gasteiger partial charge is 0.171 e. The number of nitrogens with one attached hydrogen (secondary N) is 1. The summed E-state index contributed by atoms with van der Waals surface area (Å²) in [5, 5.41) is 7.33. The highest BCUT2D eigenvalue weighted by atomic mass is 16.5. The lowest BCUT2D eigenvalue weighted by molar-refractivity contribution is 0.411. The van der Waals surface area contributed by atoms with Crippen molar-refractivity contribution in [2.24, 2.45) is 11.7 Å². The van der Waals surface area contributed by atoms with Crippen LogP contribution in [0.2, 0.25) is 0 Å². The average Bonchev–Trinajstić information content (AvgIpc) is 2.33. The van der Waals surface area contributed by atoms with Gasteiger partial charge in [0.15, 0.2) is 11.6 Å². The molecule has 5 heteroatoms. The molecule has 0 aliphatic carbocycles. The molecule has 1 heterocycles. The first-order chi connectivity index (χ1) is 8.54. The topological polar surface area (TPSA) is 75.2 Å². The molecule has 3 N–H and O–H groups in total. The molecule has 100 valence electrons. The Kier molecular flexibility index (Phi) is 5.42. The summed E-state index contributed by atoms with van der Waals surface area (Å²) in [4.78, 5) is 6.49. The molecule has 5 nitrogen and oxygen atoms in total. The first-order valence-electron chi connectivity index (χ1n) is 6.11. The van der Waals surface area contributed by atoms with Crippen LogP contribution in [0.3, 0.4) is 0 Å². The summed E-state index contributed by atoms with van der Waals surface area (Å²) in [6.07, 6.45) is 2.28. The SMILES string of the molecule is COc1cccnc1N(CCC(=N)N)CC(C)C. The number of rotatable bonds is 7. The average molecular weight is 250 g/mol. The largest absolute Gasteiger partial charge is 0.493 e. The Hall–Kier alpha value is -1.78. The van der Waals surface area contributed by atoms with Gasteiger partial charge in [0.05, 0.1) is 12.9 Å². The number of pyridine rings is 1. The Labute approximate surface area is 108 Å². The molecule has 0 spiro atoms. The van der Waals surface area contributed by atoms with Crippen molar-refractivity contribution < 1.29 is 4.74 Å². The van der Waals surface area contributed by atoms with Gasteiger partial charge in [-0.05, 0) is 18.1 Å². The lowest BCUT2D eigenvalue weighted by Gasteiger charge is -2.26. The number of nitrogens with two attached hydrogens (primary N) is 1. The van der Waals surface area contributed by atoms with E-state index in [4.69, 9.17) is 15.9 Å². The van der Waals surface area contributed by atoms with E-state index in [1.54, 1.807) is 13.3 Å². The first kappa shape index (κ1) is 14.3. The molecule has 0 atom stereocenters. The molecule has 0 aromatic carbocycles. The Balaban J connectivity index is 2.89. The van der Waals surface area contributed by atoms with Gasteiger partial charge in [0.1, 0.15) is 0 Å². The van der Waals surface area contributed by atoms with Gasteiger partial charge < -0.3 is 15.4 Å². The first-order valence-corrected chi connectivity index (χ1v) is 6.11. The number of hydrogen-bond donors (Lipinski definition) is 2. The van der Waals surface area contributed by atoms with Crippen LogP contribution in [-0.2, 0) is 0 Å². The number of aromatic nitrogens is 1. The van der Waals surface area contributed by atoms with E-state index in [1.165, 1.54) is 0 Å². The molecule has 0 saturated heterocycles. The Morgan fingerprint density at radius 2 is 2.28 bits per heavy atom. The van der Waals surface area contributed by atoms with Crippen LogP contribution in [0.5, 0.6) is 5.75 Å². The minimum absolute atomic E-state index is 0.193. The van der Waals surface area contributed by atoms with Gasteiger partial charge >= 0.3 is 0 Å². The molecule has 0 aliphatic rings. The van der Waals surface area contributed by atoms with Crippen molar-refractivity contribution >= 4 is 11.7 Å². The summed E-state index contributed by atoms with van der Waals surface area (Å²) < 4.78 is 5.33. The lowest BCUT2D eigenvalue weighted by atomic mass is 10.2. The van der Waals surface area contributed by atoms with Gasteiger partial charge in [-0.2, -0.15) is 0 Å². The zero-order valence-corrected chi connectivity index (χ0v) is 11.3. The lowest BCUT2D eigenvalue weighted by Crippen LogP contribution is -2.32. The highest BCUT2D eigenvalue weighted by molar-refractivity contribution is 5.77. The van der Waals surface area contributed by atoms with Gasteiger partial charge in [-0.3, -0.25) is 5.41 Å². The number of ether oxygens (including phenoxy) is 1. The molecule has 0 radical (unpaired) electrons. The highest BCUT2D eigenvalue weighted by Gasteiger charge is 2.14. The van der Waals surface area contributed by atoms with E-state index in [2.05, 4.69) is 23.7 Å². The van der Waals surface area contributed by atoms with Crippen LogP contribution in [-0.4, -0.2) is 31.0 Å². The zero-order valence-electron chi connectivity index (χ0n) is 11.3. The second-order valence-corrected chi connectivity index (χ2v) is 4.64. The molecule has 1 aromatic rings. The molecule has 1 rings (SSSR count). The van der Waals surface area contributed by atoms with Gasteiger partial charge in [-0.15, -0.1) is 0 Å². The van der Waals surface area contributed by atoms with Crippen LogP contribution in [0.25, 0.3) is 0 Å². The maximum absolute atomic E-state index is 7.33. The minimum atomic E-state index is 0.193. The van der Waals surface area contributed by atoms with E-state index in [0.29, 0.717) is 18.9 Å². The predicted octanol–water partition coefficient (Wildman–Crippen LogP) is 1.88. The van der Waals surface area contributed by atoms with Crippen LogP contribution in [0.15, 0.2) is 18.3 Å². The Morgan fingerprint density at radius 3 is 2.83 bits per heavy atom. The normalized spacial score (nSPS) is 10.4. The number of hydrogen-bond acceptors (Lipinski definition) is 4. The van der Waals surface area contributed by atoms with Crippen molar-refractivity contribution in [3.63, 3.8) is 0 Å². The van der Waals surface area contributed by atoms with Crippen LogP contribution in [0.1, 0.15) is 20.3 Å². The summed E-state index contributed by atoms with van der Waals surface area (Å²) >= 11 is 0. The van der Waals surface area contributed by atoms with E-state index in [9.17, 15) is 0 Å². The standard InChI is InChI=1S/C13H22N4O/c1-10(2)9-17(8-6-12(14)15)13-11(18-3)5-4-7-16-13/h4-5,7,10H,6,8-9H2,1-3H3,(H3,14,15). The number of amidine groups is 1. The van der Waals surface area contributed by atoms with Gasteiger partial charge in [-0.1, -0.05) is 13.8 Å². The third-order valence-electron chi connectivity index (χ3n) is 2.51. The molecule has 0 bridgehead atoms. The second-order valence-electron chi connectivity index (χ2n) is 4.64. The van der Waals surface area contributed by atoms with Crippen molar-refractivity contribution in [2.45, 2.75) is 20.3 Å². The summed E-state index contributed by atoms with van der Waals surface area (Å²) in [5.41, 5.74) is 5.43. The summed E-state index contributed by atoms with van der Waals surface area (Å²) in [7, 11) is 1.64. The fraction of sp³-hybridized carbons (Fsp3) is 0.538. The van der Waals surface area contributed by atoms with Gasteiger partial charge in [0.25, 0.3) is 0 Å². The highest BCUT2D eigenvalue weighted by Crippen LogP contribution is 2.25. The molecule has 0 aliphatic heterocycles. The van der Waals surface area contributed by atoms with Gasteiger partial charge in [0, 0.05) is 25.7 Å². The maximum atomic E-state index is 7.33. The van der Waals surface area contributed by atoms with Crippen molar-refractivity contribution in [1.29, 1.82) is 5.41 Å². The molecular weight excluding hydrogens is 228 g/mol. The number of methoxy groups -OCH3 is 1. The van der Waals surface area contributed by atoms with Crippen LogP contribution < -0.4 is 15.4 Å². The molecule has 0 fully saturated rings. The van der Waals surface area contributed by atoms with E-state index in [0.717, 1.165) is 18.1 Å². The number of anilines is 1. The zero-order chi connectivity index (χ0) is 13.5. The van der Waals surface area contributed by atoms with Crippen molar-refractivity contribution in [3.8, 4) is 5.75 Å². The van der Waals surface area contributed by atoms with E-state index in [-0.39, 0.29) is 5.84 Å². The van der Waals surface area contributed by atoms with Crippen LogP contribution >= 0.6 is 0 Å². The van der Waals surface area contributed by atoms with Gasteiger partial charge in [-0.25, -0.2) is 4.98 Å². The molecule has 18 heavy (non-hydrogen) atoms. The molecular formula is C13H22N4O. The molecule has 0 amide bonds. The summed E-state index contributed by atoms with van der Waals surface area (Å²) in [5.74, 6) is 2.26. The second kappa shape index (κ2) is 6.83. The quantitative estimate of drug-likeness (QED) is 0.572. The minimum Gasteiger partial charge on any atom is -0.493 e. The molecule has 1 aromatic heterocycles. The van der Waals surface area contributed by atoms with E-state index >= 15 is 0 Å². The van der Waals surface area contributed by atoms with E-state index < -0.39 is 0 Å². The van der Waals surface area contributed by atoms with Gasteiger partial charge in [0.2, 0.25) is 0 Å². The fourth-order valence-electron chi connectivity index (χ4n) is 1.76. The fourth-order valence-corrected chi connectivity index (χ4v) is 1.76. The summed E-state index contributed by atoms with van der Waals surface area (Å²) in [6, 6.07) is 3.74. The van der Waals surface area contributed by atoms with Crippen LogP contribution in [0, 0.1) is 11.3 Å². The number of nitrogens with zero attached hydrogens (tertiary/aromatic N) is 2. The van der Waals surface area contributed by atoms with Crippen molar-refractivity contribution in [2.75, 3.05) is 25.1 Å².